The van der Waals surface area contributed by atoms with Gasteiger partial charge in [-0.25, -0.2) is 4.90 Å². The van der Waals surface area contributed by atoms with Crippen LogP contribution in [0.5, 0.6) is 5.75 Å². The maximum Gasteiger partial charge on any atom is 0.261 e. The van der Waals surface area contributed by atoms with Gasteiger partial charge in [0.15, 0.2) is 6.61 Å². The van der Waals surface area contributed by atoms with Gasteiger partial charge in [-0.15, -0.1) is 0 Å². The van der Waals surface area contributed by atoms with Crippen LogP contribution in [0.1, 0.15) is 18.9 Å². The molecule has 36 heavy (non-hydrogen) atoms. The largest absolute Gasteiger partial charge is 0.484 e. The number of rotatable bonds is 9. The average Bonchev–Trinajstić information content (AvgIpc) is 3.17. The van der Waals surface area contributed by atoms with Gasteiger partial charge in [0.05, 0.1) is 12.1 Å². The number of carbonyl (C=O) groups excluding carboxylic acids is 4. The molecule has 0 radical (unpaired) electrons. The Morgan fingerprint density at radius 3 is 2.22 bits per heavy atom. The van der Waals surface area contributed by atoms with Crippen LogP contribution in [0.3, 0.4) is 0 Å². The summed E-state index contributed by atoms with van der Waals surface area (Å²) < 4.78 is 5.64. The Kier molecular flexibility index (Phi) is 7.75. The fourth-order valence-electron chi connectivity index (χ4n) is 4.12. The molecule has 4 amide bonds. The van der Waals surface area contributed by atoms with Crippen LogP contribution in [0, 0.1) is 0 Å². The van der Waals surface area contributed by atoms with Crippen LogP contribution in [0.4, 0.5) is 11.4 Å². The molecule has 1 N–H and O–H groups in total. The van der Waals surface area contributed by atoms with Crippen molar-refractivity contribution in [3.63, 3.8) is 0 Å². The van der Waals surface area contributed by atoms with Crippen molar-refractivity contribution in [3.05, 3.63) is 90.5 Å². The highest BCUT2D eigenvalue weighted by Crippen LogP contribution is 2.27. The van der Waals surface area contributed by atoms with E-state index >= 15 is 0 Å². The predicted molar refractivity (Wildman–Crippen MR) is 135 cm³/mol. The monoisotopic (exact) mass is 485 g/mol. The summed E-state index contributed by atoms with van der Waals surface area (Å²) in [7, 11) is 0. The number of ether oxygens (including phenoxy) is 1. The third kappa shape index (κ3) is 5.96. The minimum absolute atomic E-state index is 0.113. The van der Waals surface area contributed by atoms with Gasteiger partial charge in [-0.05, 0) is 48.4 Å². The number of carbonyl (C=O) groups is 4. The Bertz CT molecular complexity index is 1230. The minimum Gasteiger partial charge on any atom is -0.484 e. The first-order valence-electron chi connectivity index (χ1n) is 11.7. The highest BCUT2D eigenvalue weighted by atomic mass is 16.5. The van der Waals surface area contributed by atoms with E-state index < -0.39 is 17.9 Å². The Hall–Kier alpha value is -4.46. The van der Waals surface area contributed by atoms with Crippen molar-refractivity contribution in [2.45, 2.75) is 25.8 Å². The van der Waals surface area contributed by atoms with Gasteiger partial charge in [0.2, 0.25) is 11.8 Å². The number of nitrogens with zero attached hydrogens (tertiary/aromatic N) is 2. The molecule has 8 nitrogen and oxygen atoms in total. The lowest BCUT2D eigenvalue weighted by Gasteiger charge is -2.28. The van der Waals surface area contributed by atoms with Crippen molar-refractivity contribution in [2.75, 3.05) is 23.4 Å². The van der Waals surface area contributed by atoms with Crippen LogP contribution in [0.2, 0.25) is 0 Å². The van der Waals surface area contributed by atoms with E-state index in [1.54, 1.807) is 48.5 Å². The first kappa shape index (κ1) is 24.7. The molecule has 0 aromatic heterocycles. The zero-order valence-electron chi connectivity index (χ0n) is 19.9. The predicted octanol–water partition coefficient (Wildman–Crippen LogP) is 3.43. The summed E-state index contributed by atoms with van der Waals surface area (Å²) in [6, 6.07) is 24.1. The SMILES string of the molecule is CC(=O)Nc1ccc(N2C(=O)CC(N(CCc3ccccc3)C(=O)COc3ccccc3)C2=O)cc1. The van der Waals surface area contributed by atoms with Crippen LogP contribution in [0.25, 0.3) is 0 Å². The second kappa shape index (κ2) is 11.3. The molecule has 184 valence electrons. The van der Waals surface area contributed by atoms with Gasteiger partial charge in [0.1, 0.15) is 11.8 Å². The molecule has 8 heteroatoms. The fourth-order valence-corrected chi connectivity index (χ4v) is 4.12. The summed E-state index contributed by atoms with van der Waals surface area (Å²) in [4.78, 5) is 53.4. The van der Waals surface area contributed by atoms with Gasteiger partial charge in [-0.3, -0.25) is 19.2 Å². The molecule has 1 aliphatic rings. The normalized spacial score (nSPS) is 15.0. The van der Waals surface area contributed by atoms with Crippen LogP contribution < -0.4 is 15.0 Å². The maximum absolute atomic E-state index is 13.4. The summed E-state index contributed by atoms with van der Waals surface area (Å²) in [5.41, 5.74) is 1.96. The van der Waals surface area contributed by atoms with Crippen molar-refractivity contribution in [2.24, 2.45) is 0 Å². The number of hydrogen-bond acceptors (Lipinski definition) is 5. The zero-order valence-corrected chi connectivity index (χ0v) is 19.9. The van der Waals surface area contributed by atoms with E-state index in [9.17, 15) is 19.2 Å². The van der Waals surface area contributed by atoms with E-state index in [0.29, 0.717) is 23.5 Å². The number of imide groups is 1. The lowest BCUT2D eigenvalue weighted by atomic mass is 10.1. The van der Waals surface area contributed by atoms with Gasteiger partial charge in [0, 0.05) is 19.2 Å². The van der Waals surface area contributed by atoms with Crippen LogP contribution >= 0.6 is 0 Å². The van der Waals surface area contributed by atoms with Crippen molar-refractivity contribution in [1.29, 1.82) is 0 Å². The lowest BCUT2D eigenvalue weighted by Crippen LogP contribution is -2.48. The molecule has 1 atom stereocenters. The van der Waals surface area contributed by atoms with Crippen LogP contribution in [0.15, 0.2) is 84.9 Å². The summed E-state index contributed by atoms with van der Waals surface area (Å²) in [6.07, 6.45) is 0.416. The molecule has 4 rings (SSSR count). The van der Waals surface area contributed by atoms with Crippen LogP contribution in [-0.4, -0.2) is 47.7 Å². The number of para-hydroxylation sites is 1. The topological polar surface area (TPSA) is 96.0 Å². The smallest absolute Gasteiger partial charge is 0.261 e. The second-order valence-electron chi connectivity index (χ2n) is 8.44. The Labute approximate surface area is 209 Å². The van der Waals surface area contributed by atoms with Gasteiger partial charge < -0.3 is 15.0 Å². The van der Waals surface area contributed by atoms with Crippen molar-refractivity contribution >= 4 is 35.0 Å². The van der Waals surface area contributed by atoms with E-state index in [1.165, 1.54) is 11.8 Å². The fraction of sp³-hybridized carbons (Fsp3) is 0.214. The molecule has 1 unspecified atom stereocenters. The summed E-state index contributed by atoms with van der Waals surface area (Å²) in [6.45, 7) is 1.41. The molecule has 0 saturated carbocycles. The number of hydrogen-bond donors (Lipinski definition) is 1. The van der Waals surface area contributed by atoms with E-state index in [4.69, 9.17) is 4.74 Å². The molecule has 0 bridgehead atoms. The Morgan fingerprint density at radius 2 is 1.58 bits per heavy atom. The number of anilines is 2. The Balaban J connectivity index is 1.52. The van der Waals surface area contributed by atoms with E-state index in [-0.39, 0.29) is 31.4 Å². The number of benzene rings is 3. The minimum atomic E-state index is -0.928. The molecule has 3 aromatic rings. The molecule has 0 spiro atoms. The summed E-state index contributed by atoms with van der Waals surface area (Å²) in [5.74, 6) is -0.902. The highest BCUT2D eigenvalue weighted by Gasteiger charge is 2.44. The quantitative estimate of drug-likeness (QED) is 0.469. The van der Waals surface area contributed by atoms with Gasteiger partial charge in [0.25, 0.3) is 11.8 Å². The molecule has 3 aromatic carbocycles. The third-order valence-corrected chi connectivity index (χ3v) is 5.85. The molecule has 1 saturated heterocycles. The first-order valence-corrected chi connectivity index (χ1v) is 11.7. The number of nitrogens with one attached hydrogen (secondary N) is 1. The molecule has 0 aliphatic carbocycles. The van der Waals surface area contributed by atoms with Gasteiger partial charge in [-0.1, -0.05) is 48.5 Å². The number of amides is 4. The standard InChI is InChI=1S/C28H27N3O5/c1-20(32)29-22-12-14-23(15-13-22)31-26(33)18-25(28(31)35)30(17-16-21-8-4-2-5-9-21)27(34)19-36-24-10-6-3-7-11-24/h2-15,25H,16-19H2,1H3,(H,29,32). The first-order chi connectivity index (χ1) is 17.4. The molecular weight excluding hydrogens is 458 g/mol. The average molecular weight is 486 g/mol. The molecule has 1 fully saturated rings. The van der Waals surface area contributed by atoms with Gasteiger partial charge >= 0.3 is 0 Å². The third-order valence-electron chi connectivity index (χ3n) is 5.85. The molecule has 1 aliphatic heterocycles. The van der Waals surface area contributed by atoms with Crippen molar-refractivity contribution < 1.29 is 23.9 Å². The van der Waals surface area contributed by atoms with E-state index in [1.807, 2.05) is 36.4 Å². The summed E-state index contributed by atoms with van der Waals surface area (Å²) in [5, 5.41) is 2.65. The maximum atomic E-state index is 13.4. The molecule has 1 heterocycles. The Morgan fingerprint density at radius 1 is 0.944 bits per heavy atom. The zero-order chi connectivity index (χ0) is 25.5. The van der Waals surface area contributed by atoms with Crippen LogP contribution in [-0.2, 0) is 25.6 Å². The van der Waals surface area contributed by atoms with Gasteiger partial charge in [-0.2, -0.15) is 0 Å². The second-order valence-corrected chi connectivity index (χ2v) is 8.44. The lowest BCUT2D eigenvalue weighted by molar-refractivity contribution is -0.140. The van der Waals surface area contributed by atoms with E-state index in [0.717, 1.165) is 10.5 Å². The van der Waals surface area contributed by atoms with Crippen molar-refractivity contribution in [1.82, 2.24) is 4.90 Å². The van der Waals surface area contributed by atoms with Crippen molar-refractivity contribution in [3.8, 4) is 5.75 Å². The van der Waals surface area contributed by atoms with E-state index in [2.05, 4.69) is 5.32 Å². The molecular formula is C28H27N3O5. The summed E-state index contributed by atoms with van der Waals surface area (Å²) >= 11 is 0. The highest BCUT2D eigenvalue weighted by molar-refractivity contribution is 6.23.